The lowest BCUT2D eigenvalue weighted by Gasteiger charge is -2.17. The number of hydrogen-bond acceptors (Lipinski definition) is 1. The van der Waals surface area contributed by atoms with Crippen molar-refractivity contribution < 1.29 is 4.79 Å². The topological polar surface area (TPSA) is 20.3 Å². The summed E-state index contributed by atoms with van der Waals surface area (Å²) in [6, 6.07) is 5.55. The highest BCUT2D eigenvalue weighted by Crippen LogP contribution is 2.31. The second-order valence-corrected chi connectivity index (χ2v) is 4.57. The van der Waals surface area contributed by atoms with E-state index in [-0.39, 0.29) is 5.91 Å². The molecule has 1 heterocycles. The number of rotatable bonds is 1. The molecule has 0 bridgehead atoms. The summed E-state index contributed by atoms with van der Waals surface area (Å²) in [5, 5.41) is 0.628. The van der Waals surface area contributed by atoms with Crippen molar-refractivity contribution in [1.29, 1.82) is 0 Å². The molecule has 14 heavy (non-hydrogen) atoms. The molecule has 1 aromatic carbocycles. The van der Waals surface area contributed by atoms with Gasteiger partial charge in [-0.2, -0.15) is 0 Å². The zero-order valence-electron chi connectivity index (χ0n) is 7.46. The van der Waals surface area contributed by atoms with E-state index in [1.165, 1.54) is 0 Å². The maximum absolute atomic E-state index is 11.5. The van der Waals surface area contributed by atoms with Gasteiger partial charge in [0.25, 0.3) is 0 Å². The summed E-state index contributed by atoms with van der Waals surface area (Å²) in [5.74, 6) is 0.157. The normalized spacial score (nSPS) is 16.4. The van der Waals surface area contributed by atoms with E-state index in [0.29, 0.717) is 11.4 Å². The van der Waals surface area contributed by atoms with Crippen LogP contribution >= 0.6 is 27.5 Å². The second-order valence-electron chi connectivity index (χ2n) is 3.24. The third kappa shape index (κ3) is 1.79. The first-order valence-electron chi connectivity index (χ1n) is 4.44. The number of hydrogen-bond donors (Lipinski definition) is 0. The van der Waals surface area contributed by atoms with Crippen LogP contribution in [0.25, 0.3) is 0 Å². The van der Waals surface area contributed by atoms with Gasteiger partial charge < -0.3 is 4.90 Å². The summed E-state index contributed by atoms with van der Waals surface area (Å²) in [6.07, 6.45) is 1.55. The molecular formula is C10H9BrClNO. The number of benzene rings is 1. The SMILES string of the molecule is O=C1CCCN1c1cc(Br)ccc1Cl. The van der Waals surface area contributed by atoms with Gasteiger partial charge in [-0.05, 0) is 24.6 Å². The van der Waals surface area contributed by atoms with Crippen LogP contribution in [0.15, 0.2) is 22.7 Å². The smallest absolute Gasteiger partial charge is 0.227 e. The summed E-state index contributed by atoms with van der Waals surface area (Å²) in [7, 11) is 0. The Morgan fingerprint density at radius 1 is 1.43 bits per heavy atom. The van der Waals surface area contributed by atoms with E-state index >= 15 is 0 Å². The lowest BCUT2D eigenvalue weighted by molar-refractivity contribution is -0.117. The fourth-order valence-corrected chi connectivity index (χ4v) is 2.16. The highest BCUT2D eigenvalue weighted by Gasteiger charge is 2.23. The first-order valence-corrected chi connectivity index (χ1v) is 5.61. The molecule has 1 aromatic rings. The zero-order chi connectivity index (χ0) is 10.1. The average Bonchev–Trinajstić information content (AvgIpc) is 2.56. The van der Waals surface area contributed by atoms with E-state index < -0.39 is 0 Å². The quantitative estimate of drug-likeness (QED) is 0.770. The predicted octanol–water partition coefficient (Wildman–Crippen LogP) is 3.23. The number of anilines is 1. The summed E-state index contributed by atoms with van der Waals surface area (Å²) >= 11 is 9.39. The van der Waals surface area contributed by atoms with Crippen molar-refractivity contribution in [2.45, 2.75) is 12.8 Å². The Morgan fingerprint density at radius 3 is 2.86 bits per heavy atom. The van der Waals surface area contributed by atoms with Crippen molar-refractivity contribution in [2.24, 2.45) is 0 Å². The Bertz CT molecular complexity index is 380. The first-order chi connectivity index (χ1) is 6.68. The van der Waals surface area contributed by atoms with Crippen LogP contribution in [-0.4, -0.2) is 12.5 Å². The van der Waals surface area contributed by atoms with Gasteiger partial charge in [0.15, 0.2) is 0 Å². The molecule has 0 saturated carbocycles. The Morgan fingerprint density at radius 2 is 2.21 bits per heavy atom. The molecule has 0 aromatic heterocycles. The molecular weight excluding hydrogens is 265 g/mol. The maximum Gasteiger partial charge on any atom is 0.227 e. The van der Waals surface area contributed by atoms with Gasteiger partial charge in [0, 0.05) is 17.4 Å². The predicted molar refractivity (Wildman–Crippen MR) is 60.7 cm³/mol. The fourth-order valence-electron chi connectivity index (χ4n) is 1.60. The van der Waals surface area contributed by atoms with Gasteiger partial charge >= 0.3 is 0 Å². The summed E-state index contributed by atoms with van der Waals surface area (Å²) in [5.41, 5.74) is 0.809. The Kier molecular flexibility index (Phi) is 2.79. The van der Waals surface area contributed by atoms with Crippen LogP contribution in [0.5, 0.6) is 0 Å². The number of nitrogens with zero attached hydrogens (tertiary/aromatic N) is 1. The van der Waals surface area contributed by atoms with E-state index in [2.05, 4.69) is 15.9 Å². The Labute approximate surface area is 96.0 Å². The molecule has 1 aliphatic rings. The summed E-state index contributed by atoms with van der Waals surface area (Å²) < 4.78 is 0.941. The van der Waals surface area contributed by atoms with Crippen molar-refractivity contribution in [3.05, 3.63) is 27.7 Å². The van der Waals surface area contributed by atoms with E-state index in [1.54, 1.807) is 11.0 Å². The number of halogens is 2. The van der Waals surface area contributed by atoms with Crippen LogP contribution < -0.4 is 4.90 Å². The molecule has 0 radical (unpaired) electrons. The average molecular weight is 275 g/mol. The van der Waals surface area contributed by atoms with Crippen LogP contribution in [-0.2, 0) is 4.79 Å². The zero-order valence-corrected chi connectivity index (χ0v) is 9.81. The monoisotopic (exact) mass is 273 g/mol. The molecule has 1 saturated heterocycles. The molecule has 74 valence electrons. The van der Waals surface area contributed by atoms with E-state index in [0.717, 1.165) is 23.1 Å². The highest BCUT2D eigenvalue weighted by molar-refractivity contribution is 9.10. The Hall–Kier alpha value is -0.540. The fraction of sp³-hybridized carbons (Fsp3) is 0.300. The molecule has 0 atom stereocenters. The molecule has 1 amide bonds. The van der Waals surface area contributed by atoms with Crippen LogP contribution in [0.4, 0.5) is 5.69 Å². The molecule has 1 aliphatic heterocycles. The van der Waals surface area contributed by atoms with Crippen molar-refractivity contribution >= 4 is 39.1 Å². The molecule has 0 spiro atoms. The molecule has 2 rings (SSSR count). The van der Waals surface area contributed by atoms with Gasteiger partial charge in [-0.25, -0.2) is 0 Å². The number of amides is 1. The van der Waals surface area contributed by atoms with E-state index in [1.807, 2.05) is 12.1 Å². The molecule has 4 heteroatoms. The summed E-state index contributed by atoms with van der Waals surface area (Å²) in [4.78, 5) is 13.2. The van der Waals surface area contributed by atoms with Gasteiger partial charge in [0.05, 0.1) is 10.7 Å². The maximum atomic E-state index is 11.5. The van der Waals surface area contributed by atoms with Crippen molar-refractivity contribution in [3.63, 3.8) is 0 Å². The van der Waals surface area contributed by atoms with Crippen molar-refractivity contribution in [2.75, 3.05) is 11.4 Å². The minimum atomic E-state index is 0.157. The van der Waals surface area contributed by atoms with Crippen LogP contribution in [0.1, 0.15) is 12.8 Å². The second kappa shape index (κ2) is 3.91. The molecule has 2 nitrogen and oxygen atoms in total. The third-order valence-electron chi connectivity index (χ3n) is 2.27. The first kappa shape index (κ1) is 9.99. The summed E-state index contributed by atoms with van der Waals surface area (Å²) in [6.45, 7) is 0.773. The number of carbonyl (C=O) groups excluding carboxylic acids is 1. The van der Waals surface area contributed by atoms with Crippen molar-refractivity contribution in [3.8, 4) is 0 Å². The Balaban J connectivity index is 2.39. The van der Waals surface area contributed by atoms with E-state index in [4.69, 9.17) is 11.6 Å². The van der Waals surface area contributed by atoms with Gasteiger partial charge in [0.2, 0.25) is 5.91 Å². The minimum absolute atomic E-state index is 0.157. The minimum Gasteiger partial charge on any atom is -0.311 e. The lowest BCUT2D eigenvalue weighted by Crippen LogP contribution is -2.23. The van der Waals surface area contributed by atoms with Crippen LogP contribution in [0.3, 0.4) is 0 Å². The molecule has 0 N–H and O–H groups in total. The number of carbonyl (C=O) groups is 1. The largest absolute Gasteiger partial charge is 0.311 e. The molecule has 1 fully saturated rings. The molecule has 0 aliphatic carbocycles. The van der Waals surface area contributed by atoms with Crippen molar-refractivity contribution in [1.82, 2.24) is 0 Å². The van der Waals surface area contributed by atoms with Gasteiger partial charge in [-0.15, -0.1) is 0 Å². The third-order valence-corrected chi connectivity index (χ3v) is 3.09. The highest BCUT2D eigenvalue weighted by atomic mass is 79.9. The van der Waals surface area contributed by atoms with E-state index in [9.17, 15) is 4.79 Å². The lowest BCUT2D eigenvalue weighted by atomic mass is 10.3. The van der Waals surface area contributed by atoms with Crippen LogP contribution in [0, 0.1) is 0 Å². The van der Waals surface area contributed by atoms with Gasteiger partial charge in [-0.3, -0.25) is 4.79 Å². The molecule has 0 unspecified atom stereocenters. The van der Waals surface area contributed by atoms with Crippen LogP contribution in [0.2, 0.25) is 5.02 Å². The van der Waals surface area contributed by atoms with Gasteiger partial charge in [0.1, 0.15) is 0 Å². The standard InChI is InChI=1S/C10H9BrClNO/c11-7-3-4-8(12)9(6-7)13-5-1-2-10(13)14/h3-4,6H,1-2,5H2. The van der Waals surface area contributed by atoms with Gasteiger partial charge in [-0.1, -0.05) is 27.5 Å².